The highest BCUT2D eigenvalue weighted by Crippen LogP contribution is 2.09. The molecule has 1 aromatic rings. The fourth-order valence-corrected chi connectivity index (χ4v) is 1.80. The van der Waals surface area contributed by atoms with Gasteiger partial charge in [-0.05, 0) is 32.3 Å². The molecule has 0 saturated carbocycles. The van der Waals surface area contributed by atoms with Gasteiger partial charge in [-0.15, -0.1) is 11.3 Å². The predicted molar refractivity (Wildman–Crippen MR) is 63.9 cm³/mol. The number of carbonyl (C=O) groups is 1. The van der Waals surface area contributed by atoms with Gasteiger partial charge in [0, 0.05) is 16.8 Å². The second-order valence-corrected chi connectivity index (χ2v) is 5.20. The van der Waals surface area contributed by atoms with Crippen molar-refractivity contribution >= 4 is 17.2 Å². The highest BCUT2D eigenvalue weighted by atomic mass is 32.1. The van der Waals surface area contributed by atoms with Crippen LogP contribution in [0.15, 0.2) is 17.5 Å². The van der Waals surface area contributed by atoms with Gasteiger partial charge in [-0.1, -0.05) is 6.07 Å². The lowest BCUT2D eigenvalue weighted by molar-refractivity contribution is -0.122. The zero-order valence-corrected chi connectivity index (χ0v) is 10.3. The van der Waals surface area contributed by atoms with E-state index in [1.807, 2.05) is 38.4 Å². The summed E-state index contributed by atoms with van der Waals surface area (Å²) < 4.78 is 0. The molecule has 0 bridgehead atoms. The van der Waals surface area contributed by atoms with E-state index in [-0.39, 0.29) is 11.4 Å². The summed E-state index contributed by atoms with van der Waals surface area (Å²) in [4.78, 5) is 12.8. The van der Waals surface area contributed by atoms with Gasteiger partial charge in [-0.2, -0.15) is 0 Å². The molecule has 0 unspecified atom stereocenters. The molecule has 1 amide bonds. The fraction of sp³-hybridized carbons (Fsp3) is 0.545. The van der Waals surface area contributed by atoms with Crippen LogP contribution in [0.1, 0.15) is 25.1 Å². The molecule has 4 heteroatoms. The van der Waals surface area contributed by atoms with Gasteiger partial charge < -0.3 is 10.6 Å². The number of amides is 1. The van der Waals surface area contributed by atoms with Crippen LogP contribution >= 0.6 is 11.3 Å². The molecule has 0 aliphatic heterocycles. The van der Waals surface area contributed by atoms with E-state index in [0.717, 1.165) is 0 Å². The monoisotopic (exact) mass is 226 g/mol. The lowest BCUT2D eigenvalue weighted by atomic mass is 10.0. The normalized spacial score (nSPS) is 11.4. The fourth-order valence-electron chi connectivity index (χ4n) is 1.15. The van der Waals surface area contributed by atoms with Crippen molar-refractivity contribution in [3.8, 4) is 0 Å². The van der Waals surface area contributed by atoms with Crippen molar-refractivity contribution in [2.24, 2.45) is 0 Å². The first kappa shape index (κ1) is 12.2. The molecule has 2 N–H and O–H groups in total. The van der Waals surface area contributed by atoms with Gasteiger partial charge in [0.1, 0.15) is 0 Å². The Labute approximate surface area is 94.9 Å². The standard InChI is InChI=1S/C11H18N2OS/c1-11(2,12-3)7-10(14)13-8-9-5-4-6-15-9/h4-6,12H,7-8H2,1-3H3,(H,13,14). The Morgan fingerprint density at radius 1 is 1.53 bits per heavy atom. The highest BCUT2D eigenvalue weighted by molar-refractivity contribution is 7.09. The maximum Gasteiger partial charge on any atom is 0.222 e. The Balaban J connectivity index is 2.31. The molecule has 1 aromatic heterocycles. The number of hydrogen-bond acceptors (Lipinski definition) is 3. The van der Waals surface area contributed by atoms with Gasteiger partial charge in [0.25, 0.3) is 0 Å². The van der Waals surface area contributed by atoms with Crippen molar-refractivity contribution in [3.63, 3.8) is 0 Å². The third-order valence-electron chi connectivity index (χ3n) is 2.32. The molecule has 0 saturated heterocycles. The van der Waals surface area contributed by atoms with Crippen molar-refractivity contribution in [2.75, 3.05) is 7.05 Å². The van der Waals surface area contributed by atoms with E-state index < -0.39 is 0 Å². The smallest absolute Gasteiger partial charge is 0.222 e. The molecule has 0 aliphatic carbocycles. The number of hydrogen-bond donors (Lipinski definition) is 2. The van der Waals surface area contributed by atoms with Gasteiger partial charge in [-0.3, -0.25) is 4.79 Å². The Bertz CT molecular complexity index is 306. The molecular formula is C11H18N2OS. The summed E-state index contributed by atoms with van der Waals surface area (Å²) in [5.41, 5.74) is -0.139. The summed E-state index contributed by atoms with van der Waals surface area (Å²) in [6.45, 7) is 4.66. The minimum Gasteiger partial charge on any atom is -0.351 e. The van der Waals surface area contributed by atoms with E-state index in [4.69, 9.17) is 0 Å². The number of carbonyl (C=O) groups excluding carboxylic acids is 1. The van der Waals surface area contributed by atoms with E-state index in [0.29, 0.717) is 13.0 Å². The zero-order valence-electron chi connectivity index (χ0n) is 9.46. The van der Waals surface area contributed by atoms with Crippen molar-refractivity contribution in [1.29, 1.82) is 0 Å². The van der Waals surface area contributed by atoms with Crippen molar-refractivity contribution < 1.29 is 4.79 Å². The van der Waals surface area contributed by atoms with Crippen LogP contribution in [0.2, 0.25) is 0 Å². The quantitative estimate of drug-likeness (QED) is 0.803. The van der Waals surface area contributed by atoms with Crippen molar-refractivity contribution in [2.45, 2.75) is 32.4 Å². The second kappa shape index (κ2) is 5.28. The van der Waals surface area contributed by atoms with E-state index in [9.17, 15) is 4.79 Å². The lowest BCUT2D eigenvalue weighted by Crippen LogP contribution is -2.41. The van der Waals surface area contributed by atoms with Crippen LogP contribution in [0.25, 0.3) is 0 Å². The molecular weight excluding hydrogens is 208 g/mol. The van der Waals surface area contributed by atoms with E-state index in [1.165, 1.54) is 4.88 Å². The Kier molecular flexibility index (Phi) is 4.29. The molecule has 84 valence electrons. The largest absolute Gasteiger partial charge is 0.351 e. The molecule has 0 radical (unpaired) electrons. The van der Waals surface area contributed by atoms with Crippen molar-refractivity contribution in [3.05, 3.63) is 22.4 Å². The average molecular weight is 226 g/mol. The minimum atomic E-state index is -0.139. The average Bonchev–Trinajstić information content (AvgIpc) is 2.66. The molecule has 15 heavy (non-hydrogen) atoms. The summed E-state index contributed by atoms with van der Waals surface area (Å²) in [6, 6.07) is 4.01. The predicted octanol–water partition coefficient (Wildman–Crippen LogP) is 1.75. The first-order valence-corrected chi connectivity index (χ1v) is 5.89. The third-order valence-corrected chi connectivity index (χ3v) is 3.20. The highest BCUT2D eigenvalue weighted by Gasteiger charge is 2.18. The lowest BCUT2D eigenvalue weighted by Gasteiger charge is -2.22. The summed E-state index contributed by atoms with van der Waals surface area (Å²) in [5.74, 6) is 0.0859. The third kappa shape index (κ3) is 4.44. The summed E-state index contributed by atoms with van der Waals surface area (Å²) in [6.07, 6.45) is 0.495. The molecule has 1 heterocycles. The van der Waals surface area contributed by atoms with Gasteiger partial charge in [-0.25, -0.2) is 0 Å². The van der Waals surface area contributed by atoms with Crippen LogP contribution in [0, 0.1) is 0 Å². The number of rotatable bonds is 5. The molecule has 0 aliphatic rings. The van der Waals surface area contributed by atoms with Crippen molar-refractivity contribution in [1.82, 2.24) is 10.6 Å². The summed E-state index contributed by atoms with van der Waals surface area (Å²) in [7, 11) is 1.87. The summed E-state index contributed by atoms with van der Waals surface area (Å²) in [5, 5.41) is 8.03. The molecule has 1 rings (SSSR count). The Morgan fingerprint density at radius 2 is 2.27 bits per heavy atom. The van der Waals surface area contributed by atoms with E-state index >= 15 is 0 Å². The number of thiophene rings is 1. The SMILES string of the molecule is CNC(C)(C)CC(=O)NCc1cccs1. The van der Waals surface area contributed by atoms with Gasteiger partial charge in [0.2, 0.25) is 5.91 Å². The molecule has 0 spiro atoms. The molecule has 0 fully saturated rings. The first-order chi connectivity index (χ1) is 7.03. The molecule has 3 nitrogen and oxygen atoms in total. The maximum absolute atomic E-state index is 11.6. The second-order valence-electron chi connectivity index (χ2n) is 4.17. The minimum absolute atomic E-state index is 0.0859. The van der Waals surface area contributed by atoms with Gasteiger partial charge in [0.15, 0.2) is 0 Å². The topological polar surface area (TPSA) is 41.1 Å². The summed E-state index contributed by atoms with van der Waals surface area (Å²) >= 11 is 1.66. The zero-order chi connectivity index (χ0) is 11.3. The van der Waals surface area contributed by atoms with Crippen LogP contribution in [-0.2, 0) is 11.3 Å². The van der Waals surface area contributed by atoms with E-state index in [1.54, 1.807) is 11.3 Å². The van der Waals surface area contributed by atoms with Crippen LogP contribution < -0.4 is 10.6 Å². The van der Waals surface area contributed by atoms with Gasteiger partial charge >= 0.3 is 0 Å². The van der Waals surface area contributed by atoms with Crippen LogP contribution in [0.5, 0.6) is 0 Å². The molecule has 0 aromatic carbocycles. The maximum atomic E-state index is 11.6. The van der Waals surface area contributed by atoms with Crippen LogP contribution in [0.3, 0.4) is 0 Å². The van der Waals surface area contributed by atoms with E-state index in [2.05, 4.69) is 10.6 Å². The van der Waals surface area contributed by atoms with Gasteiger partial charge in [0.05, 0.1) is 6.54 Å². The number of nitrogens with one attached hydrogen (secondary N) is 2. The first-order valence-electron chi connectivity index (χ1n) is 5.01. The Hall–Kier alpha value is -0.870. The van der Waals surface area contributed by atoms with Crippen LogP contribution in [-0.4, -0.2) is 18.5 Å². The Morgan fingerprint density at radius 3 is 2.80 bits per heavy atom. The van der Waals surface area contributed by atoms with Crippen LogP contribution in [0.4, 0.5) is 0 Å². The molecule has 0 atom stereocenters.